The van der Waals surface area contributed by atoms with Crippen LogP contribution in [-0.2, 0) is 13.0 Å². The SMILES string of the molecule is CN=C(NCc1ncc(-c2ccccc2)[nH]1)NCC(C)Cc1cccs1.I. The molecule has 2 aromatic heterocycles. The summed E-state index contributed by atoms with van der Waals surface area (Å²) >= 11 is 1.81. The highest BCUT2D eigenvalue weighted by Gasteiger charge is 2.07. The Kier molecular flexibility index (Phi) is 8.80. The highest BCUT2D eigenvalue weighted by Crippen LogP contribution is 2.16. The number of aliphatic imine (C=N–C) groups is 1. The van der Waals surface area contributed by atoms with E-state index in [0.717, 1.165) is 36.0 Å². The predicted octanol–water partition coefficient (Wildman–Crippen LogP) is 4.30. The minimum atomic E-state index is 0. The summed E-state index contributed by atoms with van der Waals surface area (Å²) in [6, 6.07) is 14.5. The maximum Gasteiger partial charge on any atom is 0.191 e. The van der Waals surface area contributed by atoms with Gasteiger partial charge in [0, 0.05) is 18.5 Å². The van der Waals surface area contributed by atoms with Crippen LogP contribution in [0.3, 0.4) is 0 Å². The molecule has 1 aromatic carbocycles. The Bertz CT molecular complexity index is 814. The molecule has 0 aliphatic heterocycles. The van der Waals surface area contributed by atoms with E-state index in [4.69, 9.17) is 0 Å². The average molecular weight is 495 g/mol. The number of nitrogens with zero attached hydrogens (tertiary/aromatic N) is 2. The number of thiophene rings is 1. The van der Waals surface area contributed by atoms with Crippen LogP contribution in [0.2, 0.25) is 0 Å². The molecule has 144 valence electrons. The van der Waals surface area contributed by atoms with Crippen molar-refractivity contribution < 1.29 is 0 Å². The Balaban J connectivity index is 0.00000261. The minimum Gasteiger partial charge on any atom is -0.356 e. The second-order valence-electron chi connectivity index (χ2n) is 6.30. The Morgan fingerprint density at radius 1 is 1.19 bits per heavy atom. The molecule has 0 aliphatic rings. The Morgan fingerprint density at radius 2 is 2.00 bits per heavy atom. The number of hydrogen-bond acceptors (Lipinski definition) is 3. The molecule has 1 unspecified atom stereocenters. The monoisotopic (exact) mass is 495 g/mol. The summed E-state index contributed by atoms with van der Waals surface area (Å²) in [5, 5.41) is 8.83. The second-order valence-corrected chi connectivity index (χ2v) is 7.34. The number of imidazole rings is 1. The number of nitrogens with one attached hydrogen (secondary N) is 3. The van der Waals surface area contributed by atoms with Crippen molar-refractivity contribution in [2.75, 3.05) is 13.6 Å². The van der Waals surface area contributed by atoms with Crippen LogP contribution >= 0.6 is 35.3 Å². The third-order valence-electron chi connectivity index (χ3n) is 4.11. The Hall–Kier alpha value is -1.87. The normalized spacial score (nSPS) is 12.3. The van der Waals surface area contributed by atoms with Gasteiger partial charge < -0.3 is 15.6 Å². The first-order valence-corrected chi connectivity index (χ1v) is 9.68. The summed E-state index contributed by atoms with van der Waals surface area (Å²) in [6.07, 6.45) is 2.95. The molecule has 5 nitrogen and oxygen atoms in total. The fourth-order valence-corrected chi connectivity index (χ4v) is 3.59. The summed E-state index contributed by atoms with van der Waals surface area (Å²) in [5.74, 6) is 2.22. The van der Waals surface area contributed by atoms with Gasteiger partial charge in [-0.1, -0.05) is 43.3 Å². The van der Waals surface area contributed by atoms with Crippen molar-refractivity contribution in [3.8, 4) is 11.3 Å². The molecule has 27 heavy (non-hydrogen) atoms. The molecule has 0 bridgehead atoms. The molecule has 0 spiro atoms. The van der Waals surface area contributed by atoms with E-state index in [0.29, 0.717) is 12.5 Å². The smallest absolute Gasteiger partial charge is 0.191 e. The molecule has 3 rings (SSSR count). The molecule has 0 radical (unpaired) electrons. The van der Waals surface area contributed by atoms with Gasteiger partial charge >= 0.3 is 0 Å². The quantitative estimate of drug-likeness (QED) is 0.260. The number of aromatic nitrogens is 2. The largest absolute Gasteiger partial charge is 0.356 e. The van der Waals surface area contributed by atoms with Gasteiger partial charge in [-0.3, -0.25) is 4.99 Å². The van der Waals surface area contributed by atoms with Gasteiger partial charge in [-0.05, 0) is 29.3 Å². The van der Waals surface area contributed by atoms with Crippen LogP contribution in [0.5, 0.6) is 0 Å². The molecule has 1 atom stereocenters. The summed E-state index contributed by atoms with van der Waals surface area (Å²) in [4.78, 5) is 13.5. The summed E-state index contributed by atoms with van der Waals surface area (Å²) < 4.78 is 0. The molecule has 7 heteroatoms. The number of aromatic amines is 1. The highest BCUT2D eigenvalue weighted by atomic mass is 127. The van der Waals surface area contributed by atoms with Gasteiger partial charge in [0.25, 0.3) is 0 Å². The molecule has 3 N–H and O–H groups in total. The van der Waals surface area contributed by atoms with E-state index in [1.54, 1.807) is 7.05 Å². The van der Waals surface area contributed by atoms with Crippen LogP contribution < -0.4 is 10.6 Å². The van der Waals surface area contributed by atoms with E-state index in [9.17, 15) is 0 Å². The molecule has 0 fully saturated rings. The maximum absolute atomic E-state index is 4.44. The van der Waals surface area contributed by atoms with E-state index in [2.05, 4.69) is 62.2 Å². The third-order valence-corrected chi connectivity index (χ3v) is 5.01. The van der Waals surface area contributed by atoms with Gasteiger partial charge in [-0.2, -0.15) is 0 Å². The number of rotatable bonds is 7. The van der Waals surface area contributed by atoms with Crippen LogP contribution in [0.1, 0.15) is 17.6 Å². The lowest BCUT2D eigenvalue weighted by Gasteiger charge is -2.15. The average Bonchev–Trinajstić information content (AvgIpc) is 3.34. The Morgan fingerprint density at radius 3 is 2.70 bits per heavy atom. The van der Waals surface area contributed by atoms with E-state index >= 15 is 0 Å². The van der Waals surface area contributed by atoms with Crippen molar-refractivity contribution in [3.05, 3.63) is 64.7 Å². The number of halogens is 1. The fourth-order valence-electron chi connectivity index (χ4n) is 2.72. The zero-order valence-corrected chi connectivity index (χ0v) is 18.8. The molecular weight excluding hydrogens is 469 g/mol. The molecule has 0 saturated carbocycles. The Labute approximate surface area is 181 Å². The standard InChI is InChI=1S/C20H25N5S.HI/c1-15(11-17-9-6-10-26-17)12-23-20(21-2)24-14-19-22-13-18(25-19)16-7-4-3-5-8-16;/h3-10,13,15H,11-12,14H2,1-2H3,(H,22,25)(H2,21,23,24);1H. The van der Waals surface area contributed by atoms with Gasteiger partial charge in [0.15, 0.2) is 5.96 Å². The number of benzene rings is 1. The van der Waals surface area contributed by atoms with Gasteiger partial charge in [-0.15, -0.1) is 35.3 Å². The van der Waals surface area contributed by atoms with Crippen LogP contribution in [0.25, 0.3) is 11.3 Å². The first-order valence-electron chi connectivity index (χ1n) is 8.81. The lowest BCUT2D eigenvalue weighted by Crippen LogP contribution is -2.39. The molecule has 2 heterocycles. The van der Waals surface area contributed by atoms with Gasteiger partial charge in [0.2, 0.25) is 0 Å². The maximum atomic E-state index is 4.44. The number of H-pyrrole nitrogens is 1. The van der Waals surface area contributed by atoms with Gasteiger partial charge in [-0.25, -0.2) is 4.98 Å². The molecule has 3 aromatic rings. The number of hydrogen-bond donors (Lipinski definition) is 3. The van der Waals surface area contributed by atoms with E-state index in [1.807, 2.05) is 35.7 Å². The highest BCUT2D eigenvalue weighted by molar-refractivity contribution is 14.0. The predicted molar refractivity (Wildman–Crippen MR) is 125 cm³/mol. The van der Waals surface area contributed by atoms with Crippen molar-refractivity contribution >= 4 is 41.3 Å². The van der Waals surface area contributed by atoms with Crippen LogP contribution in [-0.4, -0.2) is 29.5 Å². The van der Waals surface area contributed by atoms with Crippen LogP contribution in [0, 0.1) is 5.92 Å². The topological polar surface area (TPSA) is 65.1 Å². The van der Waals surface area contributed by atoms with E-state index < -0.39 is 0 Å². The van der Waals surface area contributed by atoms with Crippen molar-refractivity contribution in [2.45, 2.75) is 19.9 Å². The lowest BCUT2D eigenvalue weighted by molar-refractivity contribution is 0.561. The molecule has 0 amide bonds. The first kappa shape index (κ1) is 21.4. The molecular formula is C20H26IN5S. The lowest BCUT2D eigenvalue weighted by atomic mass is 10.1. The van der Waals surface area contributed by atoms with Crippen LogP contribution in [0.4, 0.5) is 0 Å². The van der Waals surface area contributed by atoms with Crippen LogP contribution in [0.15, 0.2) is 59.0 Å². The van der Waals surface area contributed by atoms with Crippen molar-refractivity contribution in [3.63, 3.8) is 0 Å². The fraction of sp³-hybridized carbons (Fsp3) is 0.300. The first-order chi connectivity index (χ1) is 12.7. The number of guanidine groups is 1. The van der Waals surface area contributed by atoms with Gasteiger partial charge in [0.05, 0.1) is 18.4 Å². The van der Waals surface area contributed by atoms with Crippen molar-refractivity contribution in [2.24, 2.45) is 10.9 Å². The van der Waals surface area contributed by atoms with Crippen molar-refractivity contribution in [1.82, 2.24) is 20.6 Å². The second kappa shape index (κ2) is 11.1. The summed E-state index contributed by atoms with van der Waals surface area (Å²) in [5.41, 5.74) is 2.16. The molecule has 0 saturated heterocycles. The summed E-state index contributed by atoms with van der Waals surface area (Å²) in [6.45, 7) is 3.73. The van der Waals surface area contributed by atoms with E-state index in [1.165, 1.54) is 4.88 Å². The third kappa shape index (κ3) is 6.66. The molecule has 0 aliphatic carbocycles. The minimum absolute atomic E-state index is 0. The zero-order chi connectivity index (χ0) is 18.2. The van der Waals surface area contributed by atoms with E-state index in [-0.39, 0.29) is 24.0 Å². The van der Waals surface area contributed by atoms with Crippen molar-refractivity contribution in [1.29, 1.82) is 0 Å². The zero-order valence-electron chi connectivity index (χ0n) is 15.6. The summed E-state index contributed by atoms with van der Waals surface area (Å²) in [7, 11) is 1.79. The van der Waals surface area contributed by atoms with Gasteiger partial charge in [0.1, 0.15) is 5.82 Å².